The van der Waals surface area contributed by atoms with Gasteiger partial charge in [0.05, 0.1) is 14.2 Å². The zero-order valence-corrected chi connectivity index (χ0v) is 20.1. The summed E-state index contributed by atoms with van der Waals surface area (Å²) in [7, 11) is 3.26. The van der Waals surface area contributed by atoms with E-state index < -0.39 is 0 Å². The van der Waals surface area contributed by atoms with Crippen molar-refractivity contribution in [1.29, 1.82) is 0 Å². The molecule has 4 rings (SSSR count). The van der Waals surface area contributed by atoms with E-state index in [2.05, 4.69) is 47.6 Å². The summed E-state index contributed by atoms with van der Waals surface area (Å²) in [6.45, 7) is 2.76. The van der Waals surface area contributed by atoms with Gasteiger partial charge in [0.25, 0.3) is 0 Å². The molecule has 0 aliphatic rings. The molecule has 0 radical (unpaired) electrons. The number of aromatic amines is 1. The number of aromatic nitrogens is 1. The van der Waals surface area contributed by atoms with Crippen molar-refractivity contribution in [2.45, 2.75) is 32.1 Å². The highest BCUT2D eigenvalue weighted by atomic mass is 16.5. The molecule has 1 atom stereocenters. The fourth-order valence-corrected chi connectivity index (χ4v) is 4.55. The number of aryl methyl sites for hydroxylation is 1. The van der Waals surface area contributed by atoms with Gasteiger partial charge in [-0.1, -0.05) is 61.5 Å². The van der Waals surface area contributed by atoms with E-state index in [1.54, 1.807) is 14.2 Å². The lowest BCUT2D eigenvalue weighted by Gasteiger charge is -2.19. The number of para-hydroxylation sites is 1. The van der Waals surface area contributed by atoms with Gasteiger partial charge in [-0.3, -0.25) is 4.79 Å². The van der Waals surface area contributed by atoms with E-state index in [0.29, 0.717) is 24.5 Å². The first kappa shape index (κ1) is 23.4. The molecule has 0 aliphatic carbocycles. The van der Waals surface area contributed by atoms with Crippen molar-refractivity contribution in [3.63, 3.8) is 0 Å². The van der Waals surface area contributed by atoms with E-state index in [-0.39, 0.29) is 11.8 Å². The Morgan fingerprint density at radius 1 is 0.971 bits per heavy atom. The number of hydrogen-bond donors (Lipinski definition) is 2. The molecular formula is C29H32N2O3. The van der Waals surface area contributed by atoms with Crippen molar-refractivity contribution in [1.82, 2.24) is 10.3 Å². The molecule has 34 heavy (non-hydrogen) atoms. The molecule has 0 spiro atoms. The van der Waals surface area contributed by atoms with Gasteiger partial charge in [0.1, 0.15) is 0 Å². The Hall–Kier alpha value is -3.73. The predicted octanol–water partition coefficient (Wildman–Crippen LogP) is 5.63. The van der Waals surface area contributed by atoms with Gasteiger partial charge in [-0.2, -0.15) is 0 Å². The van der Waals surface area contributed by atoms with Gasteiger partial charge in [-0.15, -0.1) is 0 Å². The summed E-state index contributed by atoms with van der Waals surface area (Å²) in [5.41, 5.74) is 5.73. The molecule has 4 aromatic rings. The summed E-state index contributed by atoms with van der Waals surface area (Å²) in [6.07, 6.45) is 4.13. The first-order valence-electron chi connectivity index (χ1n) is 11.8. The van der Waals surface area contributed by atoms with Gasteiger partial charge in [0.15, 0.2) is 11.5 Å². The first-order valence-corrected chi connectivity index (χ1v) is 11.8. The summed E-state index contributed by atoms with van der Waals surface area (Å²) in [5, 5.41) is 4.26. The van der Waals surface area contributed by atoms with Crippen LogP contribution in [0.4, 0.5) is 0 Å². The summed E-state index contributed by atoms with van der Waals surface area (Å²) in [6, 6.07) is 22.5. The number of nitrogens with one attached hydrogen (secondary N) is 2. The Kier molecular flexibility index (Phi) is 7.53. The van der Waals surface area contributed by atoms with Crippen LogP contribution in [0.3, 0.4) is 0 Å². The minimum absolute atomic E-state index is 0.0247. The Morgan fingerprint density at radius 2 is 1.76 bits per heavy atom. The number of H-pyrrole nitrogens is 1. The van der Waals surface area contributed by atoms with Crippen LogP contribution in [0.1, 0.15) is 41.5 Å². The van der Waals surface area contributed by atoms with Crippen LogP contribution in [0, 0.1) is 0 Å². The van der Waals surface area contributed by atoms with Gasteiger partial charge in [0.2, 0.25) is 5.91 Å². The molecule has 1 aromatic heterocycles. The number of rotatable bonds is 10. The minimum atomic E-state index is -0.127. The highest BCUT2D eigenvalue weighted by Crippen LogP contribution is 2.38. The smallest absolute Gasteiger partial charge is 0.220 e. The zero-order valence-electron chi connectivity index (χ0n) is 20.1. The second-order valence-electron chi connectivity index (χ2n) is 8.39. The molecule has 176 valence electrons. The van der Waals surface area contributed by atoms with Gasteiger partial charge in [0, 0.05) is 36.0 Å². The predicted molar refractivity (Wildman–Crippen MR) is 137 cm³/mol. The average molecular weight is 457 g/mol. The number of amides is 1. The molecule has 5 heteroatoms. The van der Waals surface area contributed by atoms with Crippen molar-refractivity contribution >= 4 is 16.8 Å². The van der Waals surface area contributed by atoms with Crippen molar-refractivity contribution in [3.05, 3.63) is 95.2 Å². The summed E-state index contributed by atoms with van der Waals surface area (Å²) >= 11 is 0. The third kappa shape index (κ3) is 5.09. The standard InChI is InChI=1S/C29H32N2O3/c1-4-21-11-8-12-23-25(19-31-29(21)23)24(22-13-14-26(33-2)27(17-22)34-3)18-28(32)30-16-15-20-9-6-5-7-10-20/h5-14,17,19,24,31H,4,15-16,18H2,1-3H3,(H,30,32). The quantitative estimate of drug-likeness (QED) is 0.325. The lowest BCUT2D eigenvalue weighted by atomic mass is 9.87. The Morgan fingerprint density at radius 3 is 2.50 bits per heavy atom. The van der Waals surface area contributed by atoms with Gasteiger partial charge in [-0.05, 0) is 47.2 Å². The van der Waals surface area contributed by atoms with Crippen molar-refractivity contribution in [2.24, 2.45) is 0 Å². The van der Waals surface area contributed by atoms with Gasteiger partial charge in [-0.25, -0.2) is 0 Å². The molecule has 1 heterocycles. The molecule has 0 fully saturated rings. The number of ether oxygens (including phenoxy) is 2. The third-order valence-corrected chi connectivity index (χ3v) is 6.37. The van der Waals surface area contributed by atoms with Crippen molar-refractivity contribution in [3.8, 4) is 11.5 Å². The van der Waals surface area contributed by atoms with Crippen LogP contribution in [0.15, 0.2) is 72.9 Å². The number of hydrogen-bond acceptors (Lipinski definition) is 3. The highest BCUT2D eigenvalue weighted by molar-refractivity contribution is 5.88. The van der Waals surface area contributed by atoms with Crippen LogP contribution in [-0.4, -0.2) is 31.7 Å². The summed E-state index contributed by atoms with van der Waals surface area (Å²) in [4.78, 5) is 16.5. The van der Waals surface area contributed by atoms with Crippen LogP contribution >= 0.6 is 0 Å². The fraction of sp³-hybridized carbons (Fsp3) is 0.276. The molecule has 0 bridgehead atoms. The normalized spacial score (nSPS) is 11.9. The van der Waals surface area contributed by atoms with Crippen LogP contribution < -0.4 is 14.8 Å². The monoisotopic (exact) mass is 456 g/mol. The first-order chi connectivity index (χ1) is 16.6. The molecule has 2 N–H and O–H groups in total. The van der Waals surface area contributed by atoms with Crippen LogP contribution in [0.2, 0.25) is 0 Å². The molecule has 3 aromatic carbocycles. The zero-order chi connectivity index (χ0) is 23.9. The van der Waals surface area contributed by atoms with Crippen LogP contribution in [-0.2, 0) is 17.6 Å². The van der Waals surface area contributed by atoms with E-state index in [1.807, 2.05) is 42.6 Å². The number of carbonyl (C=O) groups excluding carboxylic acids is 1. The van der Waals surface area contributed by atoms with E-state index in [0.717, 1.165) is 34.9 Å². The number of carbonyl (C=O) groups is 1. The Bertz CT molecular complexity index is 1250. The lowest BCUT2D eigenvalue weighted by Crippen LogP contribution is -2.27. The van der Waals surface area contributed by atoms with Crippen LogP contribution in [0.5, 0.6) is 11.5 Å². The molecule has 5 nitrogen and oxygen atoms in total. The van der Waals surface area contributed by atoms with E-state index in [1.165, 1.54) is 11.1 Å². The second-order valence-corrected chi connectivity index (χ2v) is 8.39. The molecule has 0 saturated carbocycles. The van der Waals surface area contributed by atoms with Crippen molar-refractivity contribution in [2.75, 3.05) is 20.8 Å². The number of benzene rings is 3. The lowest BCUT2D eigenvalue weighted by molar-refractivity contribution is -0.121. The van der Waals surface area contributed by atoms with Crippen molar-refractivity contribution < 1.29 is 14.3 Å². The fourth-order valence-electron chi connectivity index (χ4n) is 4.55. The number of methoxy groups -OCH3 is 2. The Balaban J connectivity index is 1.63. The maximum Gasteiger partial charge on any atom is 0.220 e. The molecule has 1 amide bonds. The average Bonchev–Trinajstić information content (AvgIpc) is 3.31. The largest absolute Gasteiger partial charge is 0.493 e. The van der Waals surface area contributed by atoms with Gasteiger partial charge >= 0.3 is 0 Å². The maximum absolute atomic E-state index is 13.1. The molecule has 0 aliphatic heterocycles. The third-order valence-electron chi connectivity index (χ3n) is 6.37. The molecular weight excluding hydrogens is 424 g/mol. The van der Waals surface area contributed by atoms with E-state index in [4.69, 9.17) is 9.47 Å². The van der Waals surface area contributed by atoms with Crippen LogP contribution in [0.25, 0.3) is 10.9 Å². The highest BCUT2D eigenvalue weighted by Gasteiger charge is 2.23. The number of fused-ring (bicyclic) bond motifs is 1. The summed E-state index contributed by atoms with van der Waals surface area (Å²) in [5.74, 6) is 1.22. The van der Waals surface area contributed by atoms with E-state index in [9.17, 15) is 4.79 Å². The molecule has 1 unspecified atom stereocenters. The molecule has 0 saturated heterocycles. The van der Waals surface area contributed by atoms with Gasteiger partial charge < -0.3 is 19.8 Å². The topological polar surface area (TPSA) is 63.4 Å². The minimum Gasteiger partial charge on any atom is -0.493 e. The van der Waals surface area contributed by atoms with E-state index >= 15 is 0 Å². The summed E-state index contributed by atoms with van der Waals surface area (Å²) < 4.78 is 11.0. The Labute approximate surface area is 201 Å². The maximum atomic E-state index is 13.1. The second kappa shape index (κ2) is 10.9. The SMILES string of the molecule is CCc1cccc2c(C(CC(=O)NCCc3ccccc3)c3ccc(OC)c(OC)c3)c[nH]c12.